The van der Waals surface area contributed by atoms with Gasteiger partial charge in [-0.2, -0.15) is 0 Å². The fraction of sp³-hybridized carbons (Fsp3) is 0.370. The number of amides is 1. The zero-order valence-electron chi connectivity index (χ0n) is 20.2. The van der Waals surface area contributed by atoms with Crippen molar-refractivity contribution in [2.45, 2.75) is 33.4 Å². The quantitative estimate of drug-likeness (QED) is 0.542. The summed E-state index contributed by atoms with van der Waals surface area (Å²) >= 11 is 0. The van der Waals surface area contributed by atoms with Gasteiger partial charge in [0.25, 0.3) is 5.91 Å². The van der Waals surface area contributed by atoms with E-state index in [1.807, 2.05) is 56.3 Å². The first-order chi connectivity index (χ1) is 16.5. The molecular formula is C27H32N4O3. The van der Waals surface area contributed by atoms with Gasteiger partial charge >= 0.3 is 0 Å². The van der Waals surface area contributed by atoms with E-state index >= 15 is 0 Å². The largest absolute Gasteiger partial charge is 0.496 e. The van der Waals surface area contributed by atoms with Crippen molar-refractivity contribution in [3.8, 4) is 5.75 Å². The van der Waals surface area contributed by atoms with Gasteiger partial charge in [0.05, 0.1) is 12.8 Å². The highest BCUT2D eigenvalue weighted by Crippen LogP contribution is 2.20. The van der Waals surface area contributed by atoms with Crippen LogP contribution >= 0.6 is 0 Å². The summed E-state index contributed by atoms with van der Waals surface area (Å²) < 4.78 is 7.54. The third kappa shape index (κ3) is 5.20. The average Bonchev–Trinajstić information content (AvgIpc) is 2.85. The maximum atomic E-state index is 13.4. The molecular weight excluding hydrogens is 428 g/mol. The smallest absolute Gasteiger partial charge is 0.259 e. The molecule has 3 heterocycles. The zero-order chi connectivity index (χ0) is 24.1. The Morgan fingerprint density at radius 3 is 2.47 bits per heavy atom. The molecule has 0 atom stereocenters. The Morgan fingerprint density at radius 2 is 1.76 bits per heavy atom. The van der Waals surface area contributed by atoms with Gasteiger partial charge in [-0.25, -0.2) is 0 Å². The number of carbonyl (C=O) groups is 1. The lowest BCUT2D eigenvalue weighted by molar-refractivity contribution is 0.0624. The van der Waals surface area contributed by atoms with Gasteiger partial charge in [0.2, 0.25) is 0 Å². The number of carbonyl (C=O) groups excluding carboxylic acids is 1. The average molecular weight is 461 g/mol. The Bertz CT molecular complexity index is 1200. The van der Waals surface area contributed by atoms with Crippen LogP contribution in [0.1, 0.15) is 33.0 Å². The predicted octanol–water partition coefficient (Wildman–Crippen LogP) is 3.07. The van der Waals surface area contributed by atoms with E-state index in [9.17, 15) is 9.59 Å². The Morgan fingerprint density at radius 1 is 1.03 bits per heavy atom. The van der Waals surface area contributed by atoms with Crippen molar-refractivity contribution in [2.24, 2.45) is 0 Å². The van der Waals surface area contributed by atoms with Crippen molar-refractivity contribution in [2.75, 3.05) is 33.3 Å². The maximum Gasteiger partial charge on any atom is 0.259 e. The summed E-state index contributed by atoms with van der Waals surface area (Å²) in [5.41, 5.74) is 3.78. The molecule has 1 aliphatic heterocycles. The molecule has 178 valence electrons. The number of nitrogens with zero attached hydrogens (tertiary/aromatic N) is 4. The molecule has 0 bridgehead atoms. The molecule has 1 fully saturated rings. The second-order valence-electron chi connectivity index (χ2n) is 8.71. The molecule has 0 aliphatic carbocycles. The number of aromatic nitrogens is 2. The topological polar surface area (TPSA) is 67.7 Å². The first-order valence-electron chi connectivity index (χ1n) is 11.7. The first-order valence-corrected chi connectivity index (χ1v) is 11.7. The second kappa shape index (κ2) is 10.7. The van der Waals surface area contributed by atoms with Gasteiger partial charge in [-0.05, 0) is 44.0 Å². The van der Waals surface area contributed by atoms with E-state index in [0.29, 0.717) is 19.6 Å². The van der Waals surface area contributed by atoms with Gasteiger partial charge in [0.15, 0.2) is 5.43 Å². The monoisotopic (exact) mass is 460 g/mol. The van der Waals surface area contributed by atoms with Crippen LogP contribution in [-0.4, -0.2) is 58.5 Å². The molecule has 4 rings (SSSR count). The third-order valence-corrected chi connectivity index (χ3v) is 6.56. The van der Waals surface area contributed by atoms with Crippen LogP contribution in [0.5, 0.6) is 5.75 Å². The van der Waals surface area contributed by atoms with Crippen LogP contribution in [0, 0.1) is 13.8 Å². The molecule has 2 aromatic heterocycles. The molecule has 0 saturated carbocycles. The molecule has 1 saturated heterocycles. The minimum absolute atomic E-state index is 0.175. The highest BCUT2D eigenvalue weighted by atomic mass is 16.5. The van der Waals surface area contributed by atoms with E-state index in [1.54, 1.807) is 24.3 Å². The summed E-state index contributed by atoms with van der Waals surface area (Å²) in [6.07, 6.45) is 2.54. The van der Waals surface area contributed by atoms with Crippen LogP contribution in [0.2, 0.25) is 0 Å². The normalized spacial score (nSPS) is 14.3. The lowest BCUT2D eigenvalue weighted by Gasteiger charge is -2.34. The Kier molecular flexibility index (Phi) is 7.43. The van der Waals surface area contributed by atoms with Crippen molar-refractivity contribution < 1.29 is 9.53 Å². The van der Waals surface area contributed by atoms with Crippen molar-refractivity contribution in [3.63, 3.8) is 0 Å². The molecule has 3 aromatic rings. The predicted molar refractivity (Wildman–Crippen MR) is 132 cm³/mol. The van der Waals surface area contributed by atoms with E-state index in [2.05, 4.69) is 14.5 Å². The van der Waals surface area contributed by atoms with Crippen molar-refractivity contribution in [1.82, 2.24) is 19.4 Å². The Hall–Kier alpha value is -3.45. The number of methoxy groups -OCH3 is 1. The fourth-order valence-corrected chi connectivity index (χ4v) is 4.65. The lowest BCUT2D eigenvalue weighted by atomic mass is 10.1. The fourth-order valence-electron chi connectivity index (χ4n) is 4.65. The molecule has 34 heavy (non-hydrogen) atoms. The number of piperazine rings is 1. The minimum Gasteiger partial charge on any atom is -0.496 e. The van der Waals surface area contributed by atoms with E-state index in [-0.39, 0.29) is 16.9 Å². The standard InChI is InChI=1S/C27H32N4O3/c1-20-18-24(32)26(21(2)31(20)13-11-22-8-4-5-10-25(22)34-3)27(33)30-16-14-29(15-17-30)19-23-9-6-7-12-28-23/h4-10,12,18H,11,13-17,19H2,1-3H3. The highest BCUT2D eigenvalue weighted by molar-refractivity contribution is 5.95. The van der Waals surface area contributed by atoms with E-state index < -0.39 is 0 Å². The molecule has 7 nitrogen and oxygen atoms in total. The van der Waals surface area contributed by atoms with E-state index in [4.69, 9.17) is 4.74 Å². The number of rotatable bonds is 7. The molecule has 7 heteroatoms. The summed E-state index contributed by atoms with van der Waals surface area (Å²) in [5, 5.41) is 0. The first kappa shape index (κ1) is 23.7. The van der Waals surface area contributed by atoms with Gasteiger partial charge in [-0.3, -0.25) is 19.5 Å². The maximum absolute atomic E-state index is 13.4. The van der Waals surface area contributed by atoms with E-state index in [1.165, 1.54) is 0 Å². The van der Waals surface area contributed by atoms with Gasteiger partial charge in [0.1, 0.15) is 11.3 Å². The van der Waals surface area contributed by atoms with Gasteiger partial charge in [0, 0.05) is 62.9 Å². The molecule has 0 radical (unpaired) electrons. The number of hydrogen-bond acceptors (Lipinski definition) is 5. The van der Waals surface area contributed by atoms with Crippen LogP contribution in [0.25, 0.3) is 0 Å². The summed E-state index contributed by atoms with van der Waals surface area (Å²) in [6.45, 7) is 7.94. The van der Waals surface area contributed by atoms with Crippen molar-refractivity contribution >= 4 is 5.91 Å². The number of benzene rings is 1. The van der Waals surface area contributed by atoms with E-state index in [0.717, 1.165) is 54.4 Å². The van der Waals surface area contributed by atoms with Crippen LogP contribution in [0.4, 0.5) is 0 Å². The minimum atomic E-state index is -0.204. The molecule has 0 unspecified atom stereocenters. The molecule has 1 amide bonds. The number of ether oxygens (including phenoxy) is 1. The third-order valence-electron chi connectivity index (χ3n) is 6.56. The second-order valence-corrected chi connectivity index (χ2v) is 8.71. The summed E-state index contributed by atoms with van der Waals surface area (Å²) in [4.78, 5) is 34.8. The number of aryl methyl sites for hydroxylation is 2. The van der Waals surface area contributed by atoms with Crippen LogP contribution < -0.4 is 10.2 Å². The Balaban J connectivity index is 1.47. The number of para-hydroxylation sites is 1. The van der Waals surface area contributed by atoms with Gasteiger partial charge in [-0.15, -0.1) is 0 Å². The lowest BCUT2D eigenvalue weighted by Crippen LogP contribution is -2.49. The SMILES string of the molecule is COc1ccccc1CCn1c(C)cc(=O)c(C(=O)N2CCN(Cc3ccccn3)CC2)c1C. The molecule has 0 N–H and O–H groups in total. The highest BCUT2D eigenvalue weighted by Gasteiger charge is 2.26. The van der Waals surface area contributed by atoms with Gasteiger partial charge < -0.3 is 14.2 Å². The van der Waals surface area contributed by atoms with Crippen molar-refractivity contribution in [1.29, 1.82) is 0 Å². The zero-order valence-corrected chi connectivity index (χ0v) is 20.2. The molecule has 1 aliphatic rings. The van der Waals surface area contributed by atoms with Crippen LogP contribution in [-0.2, 0) is 19.5 Å². The van der Waals surface area contributed by atoms with Crippen molar-refractivity contribution in [3.05, 3.63) is 93.2 Å². The molecule has 1 aromatic carbocycles. The van der Waals surface area contributed by atoms with Gasteiger partial charge in [-0.1, -0.05) is 24.3 Å². The Labute approximate surface area is 200 Å². The summed E-state index contributed by atoms with van der Waals surface area (Å²) in [5.74, 6) is 0.671. The molecule has 0 spiro atoms. The van der Waals surface area contributed by atoms with Crippen LogP contribution in [0.3, 0.4) is 0 Å². The summed E-state index contributed by atoms with van der Waals surface area (Å²) in [7, 11) is 1.67. The number of hydrogen-bond donors (Lipinski definition) is 0. The van der Waals surface area contributed by atoms with Crippen LogP contribution in [0.15, 0.2) is 59.5 Å². The number of pyridine rings is 2. The summed E-state index contributed by atoms with van der Waals surface area (Å²) in [6, 6.07) is 15.4.